The van der Waals surface area contributed by atoms with Crippen LogP contribution in [0, 0.1) is 5.92 Å². The van der Waals surface area contributed by atoms with Crippen molar-refractivity contribution in [2.45, 2.75) is 26.3 Å². The van der Waals surface area contributed by atoms with E-state index in [1.165, 1.54) is 0 Å². The lowest BCUT2D eigenvalue weighted by Crippen LogP contribution is -2.46. The van der Waals surface area contributed by atoms with E-state index in [1.54, 1.807) is 11.3 Å². The van der Waals surface area contributed by atoms with Gasteiger partial charge in [-0.3, -0.25) is 9.69 Å². The van der Waals surface area contributed by atoms with Gasteiger partial charge in [0, 0.05) is 36.5 Å². The van der Waals surface area contributed by atoms with Crippen LogP contribution < -0.4 is 4.74 Å². The Hall–Kier alpha value is -1.96. The second-order valence-electron chi connectivity index (χ2n) is 7.59. The molecule has 2 saturated heterocycles. The van der Waals surface area contributed by atoms with Gasteiger partial charge in [0.15, 0.2) is 0 Å². The van der Waals surface area contributed by atoms with Gasteiger partial charge in [-0.1, -0.05) is 0 Å². The maximum absolute atomic E-state index is 12.7. The number of ether oxygens (including phenoxy) is 2. The molecule has 3 heterocycles. The molecule has 1 aromatic heterocycles. The topological polar surface area (TPSA) is 54.9 Å². The highest BCUT2D eigenvalue weighted by atomic mass is 32.1. The number of hydrogen-bond donors (Lipinski definition) is 0. The molecule has 29 heavy (non-hydrogen) atoms. The Labute approximate surface area is 176 Å². The zero-order chi connectivity index (χ0) is 20.1. The number of hydrogen-bond acceptors (Lipinski definition) is 6. The Morgan fingerprint density at radius 3 is 2.59 bits per heavy atom. The molecule has 2 aromatic rings. The van der Waals surface area contributed by atoms with E-state index in [-0.39, 0.29) is 5.92 Å². The Kier molecular flexibility index (Phi) is 6.79. The first-order valence-corrected chi connectivity index (χ1v) is 11.4. The minimum Gasteiger partial charge on any atom is -0.494 e. The van der Waals surface area contributed by atoms with Crippen LogP contribution in [0.2, 0.25) is 0 Å². The molecule has 0 N–H and O–H groups in total. The average Bonchev–Trinajstić information content (AvgIpc) is 3.24. The number of nitrogens with zero attached hydrogens (tertiary/aromatic N) is 3. The summed E-state index contributed by atoms with van der Waals surface area (Å²) in [4.78, 5) is 21.9. The molecule has 0 spiro atoms. The summed E-state index contributed by atoms with van der Waals surface area (Å²) >= 11 is 1.68. The fourth-order valence-electron chi connectivity index (χ4n) is 3.98. The van der Waals surface area contributed by atoms with Gasteiger partial charge in [-0.05, 0) is 57.1 Å². The Balaban J connectivity index is 1.28. The lowest BCUT2D eigenvalue weighted by molar-refractivity contribution is -0.141. The molecule has 2 aliphatic rings. The van der Waals surface area contributed by atoms with Crippen molar-refractivity contribution in [3.63, 3.8) is 0 Å². The molecule has 6 nitrogen and oxygen atoms in total. The van der Waals surface area contributed by atoms with Crippen LogP contribution in [0.25, 0.3) is 10.6 Å². The summed E-state index contributed by atoms with van der Waals surface area (Å²) < 4.78 is 10.9. The third-order valence-corrected chi connectivity index (χ3v) is 6.55. The molecule has 0 aliphatic carbocycles. The lowest BCUT2D eigenvalue weighted by atomic mass is 9.95. The molecule has 1 amide bonds. The molecular weight excluding hydrogens is 386 g/mol. The number of rotatable bonds is 6. The highest BCUT2D eigenvalue weighted by Gasteiger charge is 2.29. The Bertz CT molecular complexity index is 794. The largest absolute Gasteiger partial charge is 0.494 e. The average molecular weight is 416 g/mol. The van der Waals surface area contributed by atoms with Gasteiger partial charge in [-0.2, -0.15) is 0 Å². The molecule has 2 aliphatic heterocycles. The Morgan fingerprint density at radius 2 is 1.90 bits per heavy atom. The molecule has 0 saturated carbocycles. The lowest BCUT2D eigenvalue weighted by Gasteiger charge is -2.35. The van der Waals surface area contributed by atoms with Crippen molar-refractivity contribution >= 4 is 17.2 Å². The number of morpholine rings is 1. The minimum absolute atomic E-state index is 0.166. The van der Waals surface area contributed by atoms with Crippen molar-refractivity contribution in [1.29, 1.82) is 0 Å². The fraction of sp³-hybridized carbons (Fsp3) is 0.545. The normalized spacial score (nSPS) is 18.7. The van der Waals surface area contributed by atoms with Crippen molar-refractivity contribution < 1.29 is 14.3 Å². The highest BCUT2D eigenvalue weighted by Crippen LogP contribution is 2.27. The molecular formula is C22H29N3O3S. The van der Waals surface area contributed by atoms with Crippen molar-refractivity contribution in [2.24, 2.45) is 5.92 Å². The number of benzene rings is 1. The monoisotopic (exact) mass is 415 g/mol. The van der Waals surface area contributed by atoms with Gasteiger partial charge in [0.1, 0.15) is 10.8 Å². The zero-order valence-corrected chi connectivity index (χ0v) is 17.8. The van der Waals surface area contributed by atoms with Crippen LogP contribution in [-0.2, 0) is 16.1 Å². The maximum Gasteiger partial charge on any atom is 0.225 e. The second-order valence-corrected chi connectivity index (χ2v) is 8.45. The number of amides is 1. The van der Waals surface area contributed by atoms with E-state index in [1.807, 2.05) is 24.0 Å². The van der Waals surface area contributed by atoms with E-state index in [0.29, 0.717) is 25.7 Å². The fourth-order valence-corrected chi connectivity index (χ4v) is 4.80. The van der Waals surface area contributed by atoms with Crippen LogP contribution in [0.3, 0.4) is 0 Å². The molecule has 0 radical (unpaired) electrons. The van der Waals surface area contributed by atoms with Crippen LogP contribution in [0.4, 0.5) is 0 Å². The molecule has 0 atom stereocenters. The zero-order valence-electron chi connectivity index (χ0n) is 17.0. The molecule has 0 bridgehead atoms. The van der Waals surface area contributed by atoms with Crippen LogP contribution in [0.5, 0.6) is 5.75 Å². The number of carbonyl (C=O) groups excluding carboxylic acids is 1. The summed E-state index contributed by atoms with van der Waals surface area (Å²) in [5, 5.41) is 3.19. The van der Waals surface area contributed by atoms with Crippen LogP contribution in [0.15, 0.2) is 29.6 Å². The van der Waals surface area contributed by atoms with Crippen molar-refractivity contribution in [3.05, 3.63) is 35.3 Å². The number of piperidine rings is 1. The number of thiazole rings is 1. The summed E-state index contributed by atoms with van der Waals surface area (Å²) in [7, 11) is 0. The highest BCUT2D eigenvalue weighted by molar-refractivity contribution is 7.13. The predicted molar refractivity (Wildman–Crippen MR) is 114 cm³/mol. The standard InChI is InChI=1S/C22H29N3O3S/c1-2-28-20-5-3-17(4-6-20)21-23-19(16-29-21)15-24-9-7-18(8-10-24)22(26)25-11-13-27-14-12-25/h3-6,16,18H,2,7-15H2,1H3. The van der Waals surface area contributed by atoms with Crippen molar-refractivity contribution in [3.8, 4) is 16.3 Å². The smallest absolute Gasteiger partial charge is 0.225 e. The summed E-state index contributed by atoms with van der Waals surface area (Å²) in [5.41, 5.74) is 2.23. The van der Waals surface area contributed by atoms with E-state index in [2.05, 4.69) is 22.4 Å². The van der Waals surface area contributed by atoms with E-state index in [0.717, 1.165) is 67.6 Å². The van der Waals surface area contributed by atoms with Gasteiger partial charge in [-0.25, -0.2) is 4.98 Å². The molecule has 4 rings (SSSR count). The van der Waals surface area contributed by atoms with Gasteiger partial charge in [0.25, 0.3) is 0 Å². The first kappa shape index (κ1) is 20.3. The maximum atomic E-state index is 12.7. The predicted octanol–water partition coefficient (Wildman–Crippen LogP) is 3.28. The van der Waals surface area contributed by atoms with Crippen LogP contribution in [0.1, 0.15) is 25.5 Å². The first-order chi connectivity index (χ1) is 14.2. The molecule has 7 heteroatoms. The van der Waals surface area contributed by atoms with Gasteiger partial charge in [0.05, 0.1) is 25.5 Å². The van der Waals surface area contributed by atoms with Gasteiger partial charge < -0.3 is 14.4 Å². The van der Waals surface area contributed by atoms with E-state index < -0.39 is 0 Å². The third kappa shape index (κ3) is 5.15. The van der Waals surface area contributed by atoms with Crippen molar-refractivity contribution in [2.75, 3.05) is 46.0 Å². The Morgan fingerprint density at radius 1 is 1.17 bits per heavy atom. The minimum atomic E-state index is 0.166. The molecule has 1 aromatic carbocycles. The summed E-state index contributed by atoms with van der Waals surface area (Å²) in [6, 6.07) is 8.12. The molecule has 156 valence electrons. The van der Waals surface area contributed by atoms with E-state index in [4.69, 9.17) is 14.5 Å². The van der Waals surface area contributed by atoms with Crippen molar-refractivity contribution in [1.82, 2.24) is 14.8 Å². The van der Waals surface area contributed by atoms with E-state index >= 15 is 0 Å². The van der Waals surface area contributed by atoms with Gasteiger partial charge in [0.2, 0.25) is 5.91 Å². The number of likely N-dealkylation sites (tertiary alicyclic amines) is 1. The van der Waals surface area contributed by atoms with E-state index in [9.17, 15) is 4.79 Å². The van der Waals surface area contributed by atoms with Crippen LogP contribution in [-0.4, -0.2) is 66.7 Å². The second kappa shape index (κ2) is 9.69. The SMILES string of the molecule is CCOc1ccc(-c2nc(CN3CCC(C(=O)N4CCOCC4)CC3)cs2)cc1. The molecule has 2 fully saturated rings. The quantitative estimate of drug-likeness (QED) is 0.725. The summed E-state index contributed by atoms with van der Waals surface area (Å²) in [6.45, 7) is 8.26. The number of carbonyl (C=O) groups is 1. The summed E-state index contributed by atoms with van der Waals surface area (Å²) in [6.07, 6.45) is 1.87. The third-order valence-electron chi connectivity index (χ3n) is 5.61. The molecule has 0 unspecified atom stereocenters. The first-order valence-electron chi connectivity index (χ1n) is 10.5. The summed E-state index contributed by atoms with van der Waals surface area (Å²) in [5.74, 6) is 1.38. The van der Waals surface area contributed by atoms with Gasteiger partial charge in [-0.15, -0.1) is 11.3 Å². The van der Waals surface area contributed by atoms with Crippen LogP contribution >= 0.6 is 11.3 Å². The van der Waals surface area contributed by atoms with Gasteiger partial charge >= 0.3 is 0 Å². The number of aromatic nitrogens is 1.